The number of aromatic nitrogens is 1. The highest BCUT2D eigenvalue weighted by molar-refractivity contribution is 5.93. The summed E-state index contributed by atoms with van der Waals surface area (Å²) in [7, 11) is 1.59. The van der Waals surface area contributed by atoms with Crippen molar-refractivity contribution < 1.29 is 14.3 Å². The Kier molecular flexibility index (Phi) is 6.25. The van der Waals surface area contributed by atoms with Gasteiger partial charge in [-0.15, -0.1) is 0 Å². The summed E-state index contributed by atoms with van der Waals surface area (Å²) in [5.41, 5.74) is 8.12. The standard InChI is InChI=1S/C22H27N5O3/c1-30-18-6-2-5-17(12-18)24-21(28)16-4-3-11-27(14-16)22(29)20-13-19(25-26-20)15-7-9-23-10-8-15/h2,5-10,12,16,19-20,25-26H,3-4,11,13-14H2,1H3,(H,24,28). The number of methoxy groups -OCH3 is 1. The molecular weight excluding hydrogens is 382 g/mol. The first kappa shape index (κ1) is 20.3. The van der Waals surface area contributed by atoms with Gasteiger partial charge in [0.2, 0.25) is 11.8 Å². The number of carbonyl (C=O) groups is 2. The quantitative estimate of drug-likeness (QED) is 0.698. The molecule has 0 aliphatic carbocycles. The smallest absolute Gasteiger partial charge is 0.241 e. The number of nitrogens with one attached hydrogen (secondary N) is 3. The van der Waals surface area contributed by atoms with Gasteiger partial charge >= 0.3 is 0 Å². The van der Waals surface area contributed by atoms with Crippen molar-refractivity contribution in [2.24, 2.45) is 5.92 Å². The molecule has 30 heavy (non-hydrogen) atoms. The molecule has 0 radical (unpaired) electrons. The molecule has 1 aromatic carbocycles. The molecule has 2 aliphatic rings. The molecule has 3 heterocycles. The third-order valence-corrected chi connectivity index (χ3v) is 5.75. The van der Waals surface area contributed by atoms with Crippen LogP contribution in [0.15, 0.2) is 48.8 Å². The van der Waals surface area contributed by atoms with E-state index in [2.05, 4.69) is 21.2 Å². The number of hydrazine groups is 1. The minimum absolute atomic E-state index is 0.0398. The molecule has 0 spiro atoms. The number of likely N-dealkylation sites (tertiary alicyclic amines) is 1. The molecule has 0 bridgehead atoms. The molecule has 2 amide bonds. The van der Waals surface area contributed by atoms with Crippen LogP contribution in [0, 0.1) is 5.92 Å². The third kappa shape index (κ3) is 4.60. The summed E-state index contributed by atoms with van der Waals surface area (Å²) in [5, 5.41) is 2.95. The maximum Gasteiger partial charge on any atom is 0.241 e. The second-order valence-corrected chi connectivity index (χ2v) is 7.75. The van der Waals surface area contributed by atoms with E-state index in [-0.39, 0.29) is 29.8 Å². The Morgan fingerprint density at radius 1 is 1.20 bits per heavy atom. The number of piperidine rings is 1. The van der Waals surface area contributed by atoms with Gasteiger partial charge in [0, 0.05) is 43.3 Å². The lowest BCUT2D eigenvalue weighted by molar-refractivity contribution is -0.136. The van der Waals surface area contributed by atoms with Crippen LogP contribution in [0.4, 0.5) is 5.69 Å². The minimum Gasteiger partial charge on any atom is -0.497 e. The second kappa shape index (κ2) is 9.23. The van der Waals surface area contributed by atoms with Crippen LogP contribution in [0.1, 0.15) is 30.9 Å². The topological polar surface area (TPSA) is 95.6 Å². The number of hydrogen-bond donors (Lipinski definition) is 3. The Hall–Kier alpha value is -2.97. The molecule has 2 aliphatic heterocycles. The lowest BCUT2D eigenvalue weighted by Gasteiger charge is -2.33. The van der Waals surface area contributed by atoms with Crippen molar-refractivity contribution in [2.45, 2.75) is 31.3 Å². The third-order valence-electron chi connectivity index (χ3n) is 5.75. The largest absolute Gasteiger partial charge is 0.497 e. The lowest BCUT2D eigenvalue weighted by Crippen LogP contribution is -2.50. The zero-order valence-corrected chi connectivity index (χ0v) is 17.0. The van der Waals surface area contributed by atoms with Crippen molar-refractivity contribution in [2.75, 3.05) is 25.5 Å². The maximum absolute atomic E-state index is 13.1. The molecule has 3 unspecified atom stereocenters. The number of amides is 2. The van der Waals surface area contributed by atoms with E-state index in [1.165, 1.54) is 0 Å². The Bertz CT molecular complexity index is 891. The molecule has 8 nitrogen and oxygen atoms in total. The highest BCUT2D eigenvalue weighted by Gasteiger charge is 2.36. The van der Waals surface area contributed by atoms with E-state index < -0.39 is 0 Å². The molecule has 3 atom stereocenters. The predicted molar refractivity (Wildman–Crippen MR) is 113 cm³/mol. The first-order valence-electron chi connectivity index (χ1n) is 10.3. The summed E-state index contributed by atoms with van der Waals surface area (Å²) in [4.78, 5) is 31.7. The molecule has 3 N–H and O–H groups in total. The summed E-state index contributed by atoms with van der Waals surface area (Å²) in [6.07, 6.45) is 5.76. The van der Waals surface area contributed by atoms with Crippen LogP contribution in [-0.2, 0) is 9.59 Å². The summed E-state index contributed by atoms with van der Waals surface area (Å²) in [5.74, 6) is 0.446. The molecule has 1 aromatic heterocycles. The van der Waals surface area contributed by atoms with Crippen molar-refractivity contribution in [1.82, 2.24) is 20.7 Å². The van der Waals surface area contributed by atoms with Crippen molar-refractivity contribution in [3.8, 4) is 5.75 Å². The average molecular weight is 409 g/mol. The van der Waals surface area contributed by atoms with Gasteiger partial charge < -0.3 is 15.0 Å². The number of anilines is 1. The van der Waals surface area contributed by atoms with Gasteiger partial charge in [0.1, 0.15) is 11.8 Å². The summed E-state index contributed by atoms with van der Waals surface area (Å²) in [6, 6.07) is 11.0. The van der Waals surface area contributed by atoms with E-state index in [9.17, 15) is 9.59 Å². The molecule has 8 heteroatoms. The van der Waals surface area contributed by atoms with Gasteiger partial charge in [0.15, 0.2) is 0 Å². The zero-order chi connectivity index (χ0) is 20.9. The number of benzene rings is 1. The van der Waals surface area contributed by atoms with Crippen LogP contribution >= 0.6 is 0 Å². The number of rotatable bonds is 5. The molecular formula is C22H27N5O3. The van der Waals surface area contributed by atoms with Crippen LogP contribution in [0.3, 0.4) is 0 Å². The monoisotopic (exact) mass is 409 g/mol. The summed E-state index contributed by atoms with van der Waals surface area (Å²) in [6.45, 7) is 1.12. The lowest BCUT2D eigenvalue weighted by atomic mass is 9.95. The van der Waals surface area contributed by atoms with Crippen molar-refractivity contribution in [3.05, 3.63) is 54.4 Å². The van der Waals surface area contributed by atoms with Gasteiger partial charge in [-0.05, 0) is 49.1 Å². The normalized spacial score (nSPS) is 23.8. The van der Waals surface area contributed by atoms with Gasteiger partial charge in [-0.2, -0.15) is 0 Å². The second-order valence-electron chi connectivity index (χ2n) is 7.75. The molecule has 0 saturated carbocycles. The fourth-order valence-electron chi connectivity index (χ4n) is 4.09. The first-order valence-corrected chi connectivity index (χ1v) is 10.3. The fraction of sp³-hybridized carbons (Fsp3) is 0.409. The molecule has 2 aromatic rings. The van der Waals surface area contributed by atoms with Crippen LogP contribution in [0.2, 0.25) is 0 Å². The van der Waals surface area contributed by atoms with Crippen LogP contribution in [0.25, 0.3) is 0 Å². The summed E-state index contributed by atoms with van der Waals surface area (Å²) < 4.78 is 5.21. The van der Waals surface area contributed by atoms with Crippen LogP contribution in [0.5, 0.6) is 5.75 Å². The van der Waals surface area contributed by atoms with Crippen molar-refractivity contribution in [1.29, 1.82) is 0 Å². The van der Waals surface area contributed by atoms with E-state index in [4.69, 9.17) is 4.74 Å². The Labute approximate surface area is 176 Å². The van der Waals surface area contributed by atoms with Crippen molar-refractivity contribution >= 4 is 17.5 Å². The maximum atomic E-state index is 13.1. The van der Waals surface area contributed by atoms with Gasteiger partial charge in [-0.25, -0.2) is 10.9 Å². The SMILES string of the molecule is COc1cccc(NC(=O)C2CCCN(C(=O)C3CC(c4ccncc4)NN3)C2)c1. The molecule has 158 valence electrons. The number of nitrogens with zero attached hydrogens (tertiary/aromatic N) is 2. The van der Waals surface area contributed by atoms with Gasteiger partial charge in [-0.1, -0.05) is 6.07 Å². The van der Waals surface area contributed by atoms with E-state index in [0.717, 1.165) is 18.4 Å². The zero-order valence-electron chi connectivity index (χ0n) is 17.0. The van der Waals surface area contributed by atoms with Gasteiger partial charge in [0.25, 0.3) is 0 Å². The highest BCUT2D eigenvalue weighted by atomic mass is 16.5. The number of pyridine rings is 1. The average Bonchev–Trinajstić information content (AvgIpc) is 3.30. The highest BCUT2D eigenvalue weighted by Crippen LogP contribution is 2.25. The van der Waals surface area contributed by atoms with E-state index in [1.807, 2.05) is 35.2 Å². The van der Waals surface area contributed by atoms with E-state index in [0.29, 0.717) is 30.9 Å². The minimum atomic E-state index is -0.302. The Morgan fingerprint density at radius 3 is 2.83 bits per heavy atom. The van der Waals surface area contributed by atoms with E-state index >= 15 is 0 Å². The van der Waals surface area contributed by atoms with Gasteiger partial charge in [0.05, 0.1) is 13.0 Å². The predicted octanol–water partition coefficient (Wildman–Crippen LogP) is 1.88. The molecule has 2 fully saturated rings. The first-order chi connectivity index (χ1) is 14.6. The van der Waals surface area contributed by atoms with Crippen LogP contribution < -0.4 is 20.9 Å². The van der Waals surface area contributed by atoms with Crippen molar-refractivity contribution in [3.63, 3.8) is 0 Å². The van der Waals surface area contributed by atoms with E-state index in [1.54, 1.807) is 25.6 Å². The molecule has 4 rings (SSSR count). The number of ether oxygens (including phenoxy) is 1. The Morgan fingerprint density at radius 2 is 2.03 bits per heavy atom. The van der Waals surface area contributed by atoms with Gasteiger partial charge in [-0.3, -0.25) is 14.6 Å². The molecule has 2 saturated heterocycles. The number of carbonyl (C=O) groups excluding carboxylic acids is 2. The fourth-order valence-corrected chi connectivity index (χ4v) is 4.09. The van der Waals surface area contributed by atoms with Crippen LogP contribution in [-0.4, -0.2) is 47.9 Å². The Balaban J connectivity index is 1.34. The summed E-state index contributed by atoms with van der Waals surface area (Å²) >= 11 is 0. The number of hydrogen-bond acceptors (Lipinski definition) is 6.